The van der Waals surface area contributed by atoms with E-state index in [1.807, 2.05) is 25.1 Å². The molecule has 3 N–H and O–H groups in total. The van der Waals surface area contributed by atoms with Crippen LogP contribution in [0.2, 0.25) is 0 Å². The van der Waals surface area contributed by atoms with E-state index in [4.69, 9.17) is 4.74 Å². The average molecular weight is 330 g/mol. The van der Waals surface area contributed by atoms with Gasteiger partial charge in [-0.05, 0) is 31.9 Å². The molecule has 1 aromatic carbocycles. The van der Waals surface area contributed by atoms with Crippen LogP contribution in [0.3, 0.4) is 0 Å². The number of aliphatic hydroxyl groups is 2. The lowest BCUT2D eigenvalue weighted by Crippen LogP contribution is -2.50. The number of hydrogen-bond donors (Lipinski definition) is 3. The van der Waals surface area contributed by atoms with Gasteiger partial charge in [0.15, 0.2) is 0 Å². The summed E-state index contributed by atoms with van der Waals surface area (Å²) in [5.41, 5.74) is 0.396. The summed E-state index contributed by atoms with van der Waals surface area (Å²) in [6.07, 6.45) is 1.86. The van der Waals surface area contributed by atoms with Crippen molar-refractivity contribution in [2.24, 2.45) is 0 Å². The van der Waals surface area contributed by atoms with Gasteiger partial charge in [-0.1, -0.05) is 22.0 Å². The third-order valence-electron chi connectivity index (χ3n) is 3.47. The highest BCUT2D eigenvalue weighted by molar-refractivity contribution is 9.10. The molecule has 0 bridgehead atoms. The Bertz CT molecular complexity index is 435. The van der Waals surface area contributed by atoms with E-state index in [9.17, 15) is 10.2 Å². The fourth-order valence-corrected chi connectivity index (χ4v) is 2.60. The lowest BCUT2D eigenvalue weighted by molar-refractivity contribution is 0.0926. The third kappa shape index (κ3) is 3.48. The molecule has 0 saturated heterocycles. The fourth-order valence-electron chi connectivity index (χ4n) is 2.26. The second-order valence-corrected chi connectivity index (χ2v) is 6.16. The van der Waals surface area contributed by atoms with E-state index >= 15 is 0 Å². The molecule has 2 rings (SSSR count). The van der Waals surface area contributed by atoms with Gasteiger partial charge in [-0.3, -0.25) is 0 Å². The molecule has 0 radical (unpaired) electrons. The third-order valence-corrected chi connectivity index (χ3v) is 3.96. The van der Waals surface area contributed by atoms with Gasteiger partial charge in [-0.15, -0.1) is 0 Å². The number of nitrogens with one attached hydrogen (secondary N) is 1. The number of rotatable bonds is 4. The quantitative estimate of drug-likeness (QED) is 0.790. The van der Waals surface area contributed by atoms with Crippen molar-refractivity contribution in [3.8, 4) is 5.75 Å². The smallest absolute Gasteiger partial charge is 0.125 e. The van der Waals surface area contributed by atoms with Crippen LogP contribution in [0.4, 0.5) is 0 Å². The maximum Gasteiger partial charge on any atom is 0.125 e. The molecule has 1 aromatic rings. The van der Waals surface area contributed by atoms with Gasteiger partial charge in [0.25, 0.3) is 0 Å². The lowest BCUT2D eigenvalue weighted by Gasteiger charge is -2.32. The molecule has 0 amide bonds. The Morgan fingerprint density at radius 3 is 2.84 bits per heavy atom. The minimum Gasteiger partial charge on any atom is -0.493 e. The Hall–Kier alpha value is -0.620. The molecule has 106 valence electrons. The second kappa shape index (κ2) is 6.22. The number of aliphatic hydroxyl groups excluding tert-OH is 2. The lowest BCUT2D eigenvalue weighted by atomic mass is 9.96. The molecule has 0 saturated carbocycles. The molecule has 0 aliphatic carbocycles. The SMILES string of the molecule is CC(CO)(CO)NC1CCCOc2cc(Br)ccc21. The standard InChI is InChI=1S/C14H20BrNO3/c1-14(8-17,9-18)16-12-3-2-6-19-13-7-10(15)4-5-11(12)13/h4-5,7,12,16-18H,2-3,6,8-9H2,1H3. The molecule has 1 unspecified atom stereocenters. The van der Waals surface area contributed by atoms with Crippen LogP contribution in [-0.4, -0.2) is 35.6 Å². The fraction of sp³-hybridized carbons (Fsp3) is 0.571. The monoisotopic (exact) mass is 329 g/mol. The van der Waals surface area contributed by atoms with Crippen LogP contribution in [0, 0.1) is 0 Å². The van der Waals surface area contributed by atoms with Crippen LogP contribution in [-0.2, 0) is 0 Å². The molecule has 0 aromatic heterocycles. The van der Waals surface area contributed by atoms with Gasteiger partial charge in [0, 0.05) is 16.1 Å². The minimum atomic E-state index is -0.681. The van der Waals surface area contributed by atoms with Crippen LogP contribution in [0.15, 0.2) is 22.7 Å². The van der Waals surface area contributed by atoms with Crippen LogP contribution in [0.5, 0.6) is 5.75 Å². The van der Waals surface area contributed by atoms with Gasteiger partial charge in [-0.2, -0.15) is 0 Å². The Labute approximate surface area is 121 Å². The Morgan fingerprint density at radius 1 is 1.42 bits per heavy atom. The van der Waals surface area contributed by atoms with Crippen LogP contribution in [0.25, 0.3) is 0 Å². The number of benzene rings is 1. The molecule has 1 heterocycles. The highest BCUT2D eigenvalue weighted by Gasteiger charge is 2.29. The van der Waals surface area contributed by atoms with Gasteiger partial charge in [0.05, 0.1) is 25.4 Å². The normalized spacial score (nSPS) is 19.5. The Kier molecular flexibility index (Phi) is 4.84. The van der Waals surface area contributed by atoms with Crippen LogP contribution in [0.1, 0.15) is 31.4 Å². The summed E-state index contributed by atoms with van der Waals surface area (Å²) < 4.78 is 6.73. The first kappa shape index (κ1) is 14.8. The van der Waals surface area contributed by atoms with Crippen LogP contribution >= 0.6 is 15.9 Å². The molecular weight excluding hydrogens is 310 g/mol. The molecule has 4 nitrogen and oxygen atoms in total. The van der Waals surface area contributed by atoms with E-state index in [0.717, 1.165) is 28.6 Å². The summed E-state index contributed by atoms with van der Waals surface area (Å²) >= 11 is 3.44. The van der Waals surface area contributed by atoms with E-state index in [-0.39, 0.29) is 19.3 Å². The van der Waals surface area contributed by atoms with E-state index in [1.165, 1.54) is 0 Å². The summed E-state index contributed by atoms with van der Waals surface area (Å²) in [6, 6.07) is 6.05. The number of ether oxygens (including phenoxy) is 1. The summed E-state index contributed by atoms with van der Waals surface area (Å²) in [6.45, 7) is 2.30. The molecule has 1 atom stereocenters. The zero-order chi connectivity index (χ0) is 13.9. The van der Waals surface area contributed by atoms with Crippen molar-refractivity contribution in [3.63, 3.8) is 0 Å². The van der Waals surface area contributed by atoms with Gasteiger partial charge in [0.2, 0.25) is 0 Å². The van der Waals surface area contributed by atoms with E-state index in [1.54, 1.807) is 0 Å². The topological polar surface area (TPSA) is 61.7 Å². The molecule has 19 heavy (non-hydrogen) atoms. The number of fused-ring (bicyclic) bond motifs is 1. The van der Waals surface area contributed by atoms with E-state index in [2.05, 4.69) is 21.2 Å². The molecule has 5 heteroatoms. The summed E-state index contributed by atoms with van der Waals surface area (Å²) in [5.74, 6) is 0.864. The first-order valence-electron chi connectivity index (χ1n) is 6.49. The highest BCUT2D eigenvalue weighted by atomic mass is 79.9. The minimum absolute atomic E-state index is 0.0786. The summed E-state index contributed by atoms with van der Waals surface area (Å²) in [4.78, 5) is 0. The number of halogens is 1. The zero-order valence-corrected chi connectivity index (χ0v) is 12.6. The van der Waals surface area contributed by atoms with Crippen LogP contribution < -0.4 is 10.1 Å². The predicted octanol–water partition coefficient (Wildman–Crippen LogP) is 2.00. The predicted molar refractivity (Wildman–Crippen MR) is 77.3 cm³/mol. The molecular formula is C14H20BrNO3. The van der Waals surface area contributed by atoms with Crippen molar-refractivity contribution in [2.75, 3.05) is 19.8 Å². The first-order valence-corrected chi connectivity index (χ1v) is 7.29. The first-order chi connectivity index (χ1) is 9.08. The van der Waals surface area contributed by atoms with Crippen molar-refractivity contribution in [1.29, 1.82) is 0 Å². The molecule has 0 spiro atoms. The van der Waals surface area contributed by atoms with Crippen molar-refractivity contribution in [3.05, 3.63) is 28.2 Å². The largest absolute Gasteiger partial charge is 0.493 e. The zero-order valence-electron chi connectivity index (χ0n) is 11.0. The van der Waals surface area contributed by atoms with Gasteiger partial charge in [-0.25, -0.2) is 0 Å². The highest BCUT2D eigenvalue weighted by Crippen LogP contribution is 2.34. The molecule has 1 aliphatic rings. The van der Waals surface area contributed by atoms with Gasteiger partial charge >= 0.3 is 0 Å². The maximum atomic E-state index is 9.42. The van der Waals surface area contributed by atoms with Crippen molar-refractivity contribution >= 4 is 15.9 Å². The average Bonchev–Trinajstić information content (AvgIpc) is 2.60. The van der Waals surface area contributed by atoms with Crippen molar-refractivity contribution in [1.82, 2.24) is 5.32 Å². The second-order valence-electron chi connectivity index (χ2n) is 5.25. The van der Waals surface area contributed by atoms with Crippen molar-refractivity contribution < 1.29 is 14.9 Å². The van der Waals surface area contributed by atoms with Gasteiger partial charge in [0.1, 0.15) is 5.75 Å². The Balaban J connectivity index is 2.27. The molecule has 0 fully saturated rings. The maximum absolute atomic E-state index is 9.42. The summed E-state index contributed by atoms with van der Waals surface area (Å²) in [5, 5.41) is 22.2. The van der Waals surface area contributed by atoms with E-state index < -0.39 is 5.54 Å². The summed E-state index contributed by atoms with van der Waals surface area (Å²) in [7, 11) is 0. The molecule has 1 aliphatic heterocycles. The number of hydrogen-bond acceptors (Lipinski definition) is 4. The van der Waals surface area contributed by atoms with Crippen molar-refractivity contribution in [2.45, 2.75) is 31.3 Å². The Morgan fingerprint density at radius 2 is 2.16 bits per heavy atom. The van der Waals surface area contributed by atoms with Gasteiger partial charge < -0.3 is 20.3 Å². The van der Waals surface area contributed by atoms with E-state index in [0.29, 0.717) is 6.61 Å².